The summed E-state index contributed by atoms with van der Waals surface area (Å²) in [6, 6.07) is 14.2. The van der Waals surface area contributed by atoms with Crippen molar-refractivity contribution in [1.29, 1.82) is 0 Å². The molecule has 2 aromatic rings. The van der Waals surface area contributed by atoms with E-state index in [2.05, 4.69) is 22.5 Å². The Balaban J connectivity index is 2.11. The third-order valence-corrected chi connectivity index (χ3v) is 3.17. The molecule has 0 aliphatic rings. The van der Waals surface area contributed by atoms with Crippen LogP contribution in [-0.2, 0) is 15.1 Å². The topological polar surface area (TPSA) is 38.7 Å². The maximum Gasteiger partial charge on any atom is 0.131 e. The molecule has 0 unspecified atom stereocenters. The van der Waals surface area contributed by atoms with E-state index >= 15 is 0 Å². The zero-order valence-corrected chi connectivity index (χ0v) is 9.96. The largest absolute Gasteiger partial charge is 0.298 e. The summed E-state index contributed by atoms with van der Waals surface area (Å²) in [5.41, 5.74) is 1.11. The molecule has 0 heterocycles. The predicted octanol–water partition coefficient (Wildman–Crippen LogP) is 4.06. The molecule has 84 valence electrons. The molecule has 3 nitrogen and oxygen atoms in total. The summed E-state index contributed by atoms with van der Waals surface area (Å²) in [7, 11) is 0. The SMILES string of the molecule is OOSSOCc1cccc2ccccc12. The lowest BCUT2D eigenvalue weighted by Crippen LogP contribution is -1.87. The van der Waals surface area contributed by atoms with Gasteiger partial charge in [-0.3, -0.25) is 4.18 Å². The Bertz CT molecular complexity index is 456. The monoisotopic (exact) mass is 254 g/mol. The van der Waals surface area contributed by atoms with Crippen LogP contribution in [0.3, 0.4) is 0 Å². The van der Waals surface area contributed by atoms with Crippen LogP contribution in [0.5, 0.6) is 0 Å². The van der Waals surface area contributed by atoms with Crippen molar-refractivity contribution in [1.82, 2.24) is 0 Å². The third-order valence-electron chi connectivity index (χ3n) is 2.20. The van der Waals surface area contributed by atoms with Gasteiger partial charge >= 0.3 is 0 Å². The number of benzene rings is 2. The Kier molecular flexibility index (Phi) is 4.50. The van der Waals surface area contributed by atoms with Gasteiger partial charge in [0.1, 0.15) is 11.1 Å². The van der Waals surface area contributed by atoms with Gasteiger partial charge in [-0.1, -0.05) is 42.5 Å². The Labute approximate surface area is 101 Å². The average molecular weight is 254 g/mol. The van der Waals surface area contributed by atoms with Crippen molar-refractivity contribution in [2.45, 2.75) is 6.61 Å². The second kappa shape index (κ2) is 6.12. The summed E-state index contributed by atoms with van der Waals surface area (Å²) < 4.78 is 9.08. The molecule has 0 bridgehead atoms. The molecule has 0 atom stereocenters. The fourth-order valence-corrected chi connectivity index (χ4v) is 2.11. The second-order valence-corrected chi connectivity index (χ2v) is 4.58. The van der Waals surface area contributed by atoms with Gasteiger partial charge in [-0.15, -0.1) is 0 Å². The Morgan fingerprint density at radius 3 is 2.69 bits per heavy atom. The van der Waals surface area contributed by atoms with Gasteiger partial charge in [-0.25, -0.2) is 5.26 Å². The van der Waals surface area contributed by atoms with Gasteiger partial charge in [0, 0.05) is 0 Å². The minimum Gasteiger partial charge on any atom is -0.298 e. The molecule has 0 aliphatic carbocycles. The maximum atomic E-state index is 8.10. The third kappa shape index (κ3) is 2.90. The van der Waals surface area contributed by atoms with Crippen LogP contribution in [0.15, 0.2) is 42.5 Å². The molecule has 0 aromatic heterocycles. The lowest BCUT2D eigenvalue weighted by atomic mass is 10.1. The highest BCUT2D eigenvalue weighted by molar-refractivity contribution is 8.72. The summed E-state index contributed by atoms with van der Waals surface area (Å²) in [5.74, 6) is 0. The van der Waals surface area contributed by atoms with Gasteiger partial charge < -0.3 is 0 Å². The summed E-state index contributed by atoms with van der Waals surface area (Å²) >= 11 is 1.78. The minimum absolute atomic E-state index is 0.475. The molecule has 0 saturated heterocycles. The van der Waals surface area contributed by atoms with E-state index in [1.54, 1.807) is 0 Å². The Morgan fingerprint density at radius 2 is 1.81 bits per heavy atom. The molecule has 0 spiro atoms. The number of hydrogen-bond acceptors (Lipinski definition) is 5. The molecule has 16 heavy (non-hydrogen) atoms. The summed E-state index contributed by atoms with van der Waals surface area (Å²) in [4.78, 5) is 0. The van der Waals surface area contributed by atoms with Crippen LogP contribution in [-0.4, -0.2) is 5.26 Å². The van der Waals surface area contributed by atoms with Gasteiger partial charge in [0.05, 0.1) is 17.7 Å². The zero-order valence-electron chi connectivity index (χ0n) is 8.33. The van der Waals surface area contributed by atoms with Crippen LogP contribution in [0, 0.1) is 0 Å². The van der Waals surface area contributed by atoms with Crippen LogP contribution in [0.25, 0.3) is 10.8 Å². The van der Waals surface area contributed by atoms with Crippen LogP contribution >= 0.6 is 22.1 Å². The lowest BCUT2D eigenvalue weighted by molar-refractivity contribution is -0.114. The molecule has 0 saturated carbocycles. The summed E-state index contributed by atoms with van der Waals surface area (Å²) in [6.07, 6.45) is 0. The highest BCUT2D eigenvalue weighted by Crippen LogP contribution is 2.26. The van der Waals surface area contributed by atoms with E-state index in [-0.39, 0.29) is 0 Å². The van der Waals surface area contributed by atoms with Gasteiger partial charge in [-0.05, 0) is 16.3 Å². The van der Waals surface area contributed by atoms with E-state index in [1.165, 1.54) is 10.8 Å². The molecule has 0 amide bonds. The van der Waals surface area contributed by atoms with Gasteiger partial charge in [0.15, 0.2) is 0 Å². The van der Waals surface area contributed by atoms with Crippen molar-refractivity contribution in [2.24, 2.45) is 0 Å². The molecule has 0 aliphatic heterocycles. The maximum absolute atomic E-state index is 8.10. The van der Waals surface area contributed by atoms with Crippen molar-refractivity contribution in [2.75, 3.05) is 0 Å². The predicted molar refractivity (Wildman–Crippen MR) is 67.6 cm³/mol. The van der Waals surface area contributed by atoms with E-state index in [1.807, 2.05) is 24.3 Å². The van der Waals surface area contributed by atoms with Crippen molar-refractivity contribution in [3.63, 3.8) is 0 Å². The standard InChI is InChI=1S/C11H10O3S2/c12-14-16-15-13-8-10-6-3-5-9-4-1-2-7-11(9)10/h1-7,12H,8H2. The van der Waals surface area contributed by atoms with Gasteiger partial charge in [-0.2, -0.15) is 4.33 Å². The Hall–Kier alpha value is -0.720. The van der Waals surface area contributed by atoms with E-state index in [9.17, 15) is 0 Å². The molecule has 5 heteroatoms. The van der Waals surface area contributed by atoms with E-state index in [4.69, 9.17) is 9.44 Å². The summed E-state index contributed by atoms with van der Waals surface area (Å²) in [5, 5.41) is 10.5. The van der Waals surface area contributed by atoms with Gasteiger partial charge in [0.2, 0.25) is 0 Å². The lowest BCUT2D eigenvalue weighted by Gasteiger charge is -2.05. The van der Waals surface area contributed by atoms with E-state index < -0.39 is 0 Å². The first-order chi connectivity index (χ1) is 7.92. The molecular formula is C11H10O3S2. The van der Waals surface area contributed by atoms with Crippen molar-refractivity contribution in [3.05, 3.63) is 48.0 Å². The smallest absolute Gasteiger partial charge is 0.131 e. The molecule has 0 radical (unpaired) electrons. The van der Waals surface area contributed by atoms with Crippen LogP contribution in [0.2, 0.25) is 0 Å². The highest BCUT2D eigenvalue weighted by Gasteiger charge is 2.00. The normalized spacial score (nSPS) is 10.8. The zero-order chi connectivity index (χ0) is 11.2. The van der Waals surface area contributed by atoms with Gasteiger partial charge in [0.25, 0.3) is 0 Å². The molecule has 2 aromatic carbocycles. The minimum atomic E-state index is 0.475. The van der Waals surface area contributed by atoms with Crippen LogP contribution < -0.4 is 0 Å². The first-order valence-corrected chi connectivity index (χ1v) is 6.65. The summed E-state index contributed by atoms with van der Waals surface area (Å²) in [6.45, 7) is 0.475. The second-order valence-electron chi connectivity index (χ2n) is 3.11. The number of rotatable bonds is 5. The number of hydrogen-bond donors (Lipinski definition) is 1. The Morgan fingerprint density at radius 1 is 1.00 bits per heavy atom. The quantitative estimate of drug-likeness (QED) is 0.286. The fraction of sp³-hybridized carbons (Fsp3) is 0.0909. The molecule has 2 rings (SSSR count). The van der Waals surface area contributed by atoms with Crippen molar-refractivity contribution >= 4 is 32.9 Å². The van der Waals surface area contributed by atoms with E-state index in [0.29, 0.717) is 6.61 Å². The molecular weight excluding hydrogens is 244 g/mol. The van der Waals surface area contributed by atoms with Crippen LogP contribution in [0.4, 0.5) is 0 Å². The molecule has 1 N–H and O–H groups in total. The highest BCUT2D eigenvalue weighted by atomic mass is 33.1. The first-order valence-electron chi connectivity index (χ1n) is 4.65. The van der Waals surface area contributed by atoms with Crippen molar-refractivity contribution < 1.29 is 13.8 Å². The number of fused-ring (bicyclic) bond motifs is 1. The van der Waals surface area contributed by atoms with Crippen LogP contribution in [0.1, 0.15) is 5.56 Å². The fourth-order valence-electron chi connectivity index (χ4n) is 1.54. The van der Waals surface area contributed by atoms with Crippen molar-refractivity contribution in [3.8, 4) is 0 Å². The molecule has 0 fully saturated rings. The van der Waals surface area contributed by atoms with E-state index in [0.717, 1.165) is 27.7 Å². The first kappa shape index (κ1) is 11.8. The average Bonchev–Trinajstić information content (AvgIpc) is 2.35.